The molecule has 1 unspecified atom stereocenters. The second-order valence-corrected chi connectivity index (χ2v) is 7.74. The second-order valence-electron chi connectivity index (χ2n) is 7.33. The number of hydrogen-bond donors (Lipinski definition) is 1. The number of rotatable bonds is 7. The molecule has 0 saturated carbocycles. The maximum atomic E-state index is 13.1. The molecule has 0 spiro atoms. The number of carbonyl (C=O) groups is 2. The standard InChI is InChI=1S/C24H17ClN4O6/c1-14-26-23(35-28-14)16-7-9-17(10-8-16)24(31)34-21(15-5-3-2-4-6-15)22(30)27-18-11-12-19(25)20(13-18)29(32)33/h2-13,21H,1H3,(H,27,30). The van der Waals surface area contributed by atoms with Crippen molar-refractivity contribution in [3.63, 3.8) is 0 Å². The van der Waals surface area contributed by atoms with E-state index in [4.69, 9.17) is 20.9 Å². The number of nitro groups is 1. The molecule has 176 valence electrons. The van der Waals surface area contributed by atoms with Gasteiger partial charge in [0.15, 0.2) is 5.82 Å². The van der Waals surface area contributed by atoms with Gasteiger partial charge in [-0.2, -0.15) is 4.98 Å². The smallest absolute Gasteiger partial charge is 0.339 e. The highest BCUT2D eigenvalue weighted by atomic mass is 35.5. The lowest BCUT2D eigenvalue weighted by Gasteiger charge is -2.18. The Kier molecular flexibility index (Phi) is 6.83. The normalized spacial score (nSPS) is 11.5. The van der Waals surface area contributed by atoms with Crippen molar-refractivity contribution >= 4 is 34.9 Å². The molecular formula is C24H17ClN4O6. The van der Waals surface area contributed by atoms with Crippen LogP contribution in [-0.4, -0.2) is 26.9 Å². The van der Waals surface area contributed by atoms with Crippen molar-refractivity contribution in [1.82, 2.24) is 10.1 Å². The SMILES string of the molecule is Cc1noc(-c2ccc(C(=O)OC(C(=O)Nc3ccc(Cl)c([N+](=O)[O-])c3)c3ccccc3)cc2)n1. The van der Waals surface area contributed by atoms with E-state index in [1.54, 1.807) is 49.4 Å². The van der Waals surface area contributed by atoms with Crippen molar-refractivity contribution in [3.05, 3.63) is 105 Å². The Morgan fingerprint density at radius 1 is 1.09 bits per heavy atom. The van der Waals surface area contributed by atoms with E-state index in [0.29, 0.717) is 22.8 Å². The molecule has 3 aromatic carbocycles. The molecular weight excluding hydrogens is 476 g/mol. The molecule has 1 heterocycles. The summed E-state index contributed by atoms with van der Waals surface area (Å²) in [5.74, 6) is -0.657. The number of hydrogen-bond acceptors (Lipinski definition) is 8. The van der Waals surface area contributed by atoms with Gasteiger partial charge in [-0.25, -0.2) is 4.79 Å². The molecule has 0 radical (unpaired) electrons. The van der Waals surface area contributed by atoms with Crippen molar-refractivity contribution in [2.24, 2.45) is 0 Å². The average molecular weight is 493 g/mol. The van der Waals surface area contributed by atoms with E-state index in [9.17, 15) is 19.7 Å². The number of benzene rings is 3. The van der Waals surface area contributed by atoms with Crippen LogP contribution in [0, 0.1) is 17.0 Å². The number of halogens is 1. The van der Waals surface area contributed by atoms with Crippen LogP contribution in [0.1, 0.15) is 27.8 Å². The van der Waals surface area contributed by atoms with Crippen LogP contribution < -0.4 is 5.32 Å². The lowest BCUT2D eigenvalue weighted by molar-refractivity contribution is -0.384. The first-order valence-electron chi connectivity index (χ1n) is 10.2. The number of esters is 1. The number of nitrogens with one attached hydrogen (secondary N) is 1. The van der Waals surface area contributed by atoms with E-state index in [2.05, 4.69) is 15.5 Å². The first-order chi connectivity index (χ1) is 16.8. The van der Waals surface area contributed by atoms with Crippen LogP contribution >= 0.6 is 11.6 Å². The number of aryl methyl sites for hydroxylation is 1. The summed E-state index contributed by atoms with van der Waals surface area (Å²) in [6.07, 6.45) is -1.32. The van der Waals surface area contributed by atoms with E-state index >= 15 is 0 Å². The minimum Gasteiger partial charge on any atom is -0.444 e. The Labute approximate surface area is 203 Å². The largest absolute Gasteiger partial charge is 0.444 e. The first kappa shape index (κ1) is 23.6. The average Bonchev–Trinajstić information content (AvgIpc) is 3.30. The first-order valence-corrected chi connectivity index (χ1v) is 10.6. The molecule has 4 rings (SSSR count). The Morgan fingerprint density at radius 3 is 2.43 bits per heavy atom. The van der Waals surface area contributed by atoms with E-state index < -0.39 is 22.9 Å². The van der Waals surface area contributed by atoms with E-state index in [0.717, 1.165) is 6.07 Å². The predicted octanol–water partition coefficient (Wildman–Crippen LogP) is 5.14. The van der Waals surface area contributed by atoms with Crippen molar-refractivity contribution in [1.29, 1.82) is 0 Å². The lowest BCUT2D eigenvalue weighted by Crippen LogP contribution is -2.26. The van der Waals surface area contributed by atoms with Crippen LogP contribution in [0.15, 0.2) is 77.3 Å². The van der Waals surface area contributed by atoms with Crippen LogP contribution in [0.5, 0.6) is 0 Å². The molecule has 0 fully saturated rings. The minimum atomic E-state index is -1.32. The molecule has 11 heteroatoms. The number of carbonyl (C=O) groups excluding carboxylic acids is 2. The van der Waals surface area contributed by atoms with Gasteiger partial charge in [0.25, 0.3) is 17.5 Å². The molecule has 0 aliphatic rings. The molecule has 1 amide bonds. The Morgan fingerprint density at radius 2 is 1.80 bits per heavy atom. The highest BCUT2D eigenvalue weighted by Gasteiger charge is 2.26. The molecule has 0 aliphatic carbocycles. The number of amides is 1. The Balaban J connectivity index is 1.55. The molecule has 0 aliphatic heterocycles. The third-order valence-electron chi connectivity index (χ3n) is 4.87. The maximum absolute atomic E-state index is 13.1. The summed E-state index contributed by atoms with van der Waals surface area (Å²) in [4.78, 5) is 40.6. The van der Waals surface area contributed by atoms with Crippen LogP contribution in [0.25, 0.3) is 11.5 Å². The highest BCUT2D eigenvalue weighted by molar-refractivity contribution is 6.32. The quantitative estimate of drug-likeness (QED) is 0.212. The Bertz CT molecular complexity index is 1390. The highest BCUT2D eigenvalue weighted by Crippen LogP contribution is 2.29. The van der Waals surface area contributed by atoms with Crippen LogP contribution in [0.4, 0.5) is 11.4 Å². The summed E-state index contributed by atoms with van der Waals surface area (Å²) in [6.45, 7) is 1.69. The van der Waals surface area contributed by atoms with Gasteiger partial charge in [-0.15, -0.1) is 0 Å². The summed E-state index contributed by atoms with van der Waals surface area (Å²) < 4.78 is 10.7. The van der Waals surface area contributed by atoms with E-state index in [1.807, 2.05) is 0 Å². The van der Waals surface area contributed by atoms with Crippen molar-refractivity contribution in [3.8, 4) is 11.5 Å². The molecule has 35 heavy (non-hydrogen) atoms. The van der Waals surface area contributed by atoms with Gasteiger partial charge in [0.05, 0.1) is 10.5 Å². The van der Waals surface area contributed by atoms with Gasteiger partial charge < -0.3 is 14.6 Å². The summed E-state index contributed by atoms with van der Waals surface area (Å²) in [5, 5.41) is 17.4. The number of anilines is 1. The zero-order chi connectivity index (χ0) is 24.9. The van der Waals surface area contributed by atoms with Gasteiger partial charge in [-0.3, -0.25) is 14.9 Å². The second kappa shape index (κ2) is 10.1. The van der Waals surface area contributed by atoms with Crippen molar-refractivity contribution in [2.75, 3.05) is 5.32 Å². The van der Waals surface area contributed by atoms with Crippen LogP contribution in [0.3, 0.4) is 0 Å². The number of nitrogens with zero attached hydrogens (tertiary/aromatic N) is 3. The topological polar surface area (TPSA) is 137 Å². The van der Waals surface area contributed by atoms with Gasteiger partial charge in [0, 0.05) is 22.9 Å². The third-order valence-corrected chi connectivity index (χ3v) is 5.19. The summed E-state index contributed by atoms with van der Waals surface area (Å²) in [7, 11) is 0. The van der Waals surface area contributed by atoms with Crippen molar-refractivity contribution < 1.29 is 23.8 Å². The minimum absolute atomic E-state index is 0.0711. The molecule has 10 nitrogen and oxygen atoms in total. The fourth-order valence-corrected chi connectivity index (χ4v) is 3.36. The van der Waals surface area contributed by atoms with Crippen LogP contribution in [0.2, 0.25) is 5.02 Å². The number of ether oxygens (including phenoxy) is 1. The van der Waals surface area contributed by atoms with Gasteiger partial charge >= 0.3 is 5.97 Å². The van der Waals surface area contributed by atoms with Crippen LogP contribution in [-0.2, 0) is 9.53 Å². The number of aromatic nitrogens is 2. The fraction of sp³-hybridized carbons (Fsp3) is 0.0833. The zero-order valence-electron chi connectivity index (χ0n) is 18.2. The number of nitro benzene ring substituents is 1. The molecule has 1 atom stereocenters. The molecule has 0 saturated heterocycles. The fourth-order valence-electron chi connectivity index (χ4n) is 3.18. The predicted molar refractivity (Wildman–Crippen MR) is 126 cm³/mol. The van der Waals surface area contributed by atoms with Gasteiger partial charge in [-0.05, 0) is 43.3 Å². The zero-order valence-corrected chi connectivity index (χ0v) is 18.9. The molecule has 0 bridgehead atoms. The molecule has 4 aromatic rings. The summed E-state index contributed by atoms with van der Waals surface area (Å²) in [6, 6.07) is 18.5. The summed E-state index contributed by atoms with van der Waals surface area (Å²) in [5.41, 5.74) is 0.987. The summed E-state index contributed by atoms with van der Waals surface area (Å²) >= 11 is 5.84. The van der Waals surface area contributed by atoms with Crippen molar-refractivity contribution in [2.45, 2.75) is 13.0 Å². The lowest BCUT2D eigenvalue weighted by atomic mass is 10.1. The maximum Gasteiger partial charge on any atom is 0.339 e. The van der Waals surface area contributed by atoms with E-state index in [1.165, 1.54) is 24.3 Å². The van der Waals surface area contributed by atoms with Gasteiger partial charge in [0.2, 0.25) is 6.10 Å². The monoisotopic (exact) mass is 492 g/mol. The van der Waals surface area contributed by atoms with Gasteiger partial charge in [0.1, 0.15) is 5.02 Å². The molecule has 1 aromatic heterocycles. The third kappa shape index (κ3) is 5.50. The Hall–Kier alpha value is -4.57. The van der Waals surface area contributed by atoms with E-state index in [-0.39, 0.29) is 22.0 Å². The molecule has 1 N–H and O–H groups in total. The van der Waals surface area contributed by atoms with Gasteiger partial charge in [-0.1, -0.05) is 47.1 Å².